The zero-order valence-electron chi connectivity index (χ0n) is 15.4. The van der Waals surface area contributed by atoms with Gasteiger partial charge >= 0.3 is 0 Å². The first-order valence-electron chi connectivity index (χ1n) is 9.59. The predicted octanol–water partition coefficient (Wildman–Crippen LogP) is 7.26. The summed E-state index contributed by atoms with van der Waals surface area (Å²) < 4.78 is 13.8. The second-order valence-corrected chi connectivity index (χ2v) is 9.58. The Morgan fingerprint density at radius 3 is 2.17 bits per heavy atom. The van der Waals surface area contributed by atoms with Gasteiger partial charge in [-0.1, -0.05) is 74.3 Å². The van der Waals surface area contributed by atoms with Gasteiger partial charge in [0.05, 0.1) is 5.41 Å². The quantitative estimate of drug-likeness (QED) is 0.298. The van der Waals surface area contributed by atoms with E-state index in [4.69, 9.17) is 9.47 Å². The third-order valence-corrected chi connectivity index (χ3v) is 7.04. The van der Waals surface area contributed by atoms with Crippen LogP contribution in [0.1, 0.15) is 23.1 Å². The Balaban J connectivity index is 1.83. The summed E-state index contributed by atoms with van der Waals surface area (Å²) in [4.78, 5) is 0.262. The van der Waals surface area contributed by atoms with E-state index in [1.165, 1.54) is 5.57 Å². The average Bonchev–Trinajstić information content (AvgIpc) is 2.74. The molecule has 0 saturated heterocycles. The molecule has 0 fully saturated rings. The van der Waals surface area contributed by atoms with E-state index in [0.29, 0.717) is 0 Å². The highest BCUT2D eigenvalue weighted by Crippen LogP contribution is 2.61. The number of alkyl halides is 1. The first-order valence-corrected chi connectivity index (χ1v) is 11.3. The Morgan fingerprint density at radius 2 is 1.45 bits per heavy atom. The number of halogens is 2. The molecular weight excluding hydrogens is 492 g/mol. The van der Waals surface area contributed by atoms with Gasteiger partial charge in [-0.2, -0.15) is 0 Å². The van der Waals surface area contributed by atoms with Gasteiger partial charge in [-0.25, -0.2) is 0 Å². The molecule has 0 saturated carbocycles. The number of ether oxygens (including phenoxy) is 2. The van der Waals surface area contributed by atoms with Gasteiger partial charge in [-0.05, 0) is 42.8 Å². The van der Waals surface area contributed by atoms with Gasteiger partial charge in [0.1, 0.15) is 23.0 Å². The highest BCUT2D eigenvalue weighted by Gasteiger charge is 2.52. The van der Waals surface area contributed by atoms with E-state index in [-0.39, 0.29) is 4.83 Å². The van der Waals surface area contributed by atoms with E-state index in [0.717, 1.165) is 50.6 Å². The van der Waals surface area contributed by atoms with Crippen LogP contribution in [0.25, 0.3) is 0 Å². The topological polar surface area (TPSA) is 18.5 Å². The molecule has 0 radical (unpaired) electrons. The second-order valence-electron chi connectivity index (χ2n) is 7.49. The number of hydrogen-bond donors (Lipinski definition) is 0. The number of fused-ring (bicyclic) bond motifs is 8. The zero-order chi connectivity index (χ0) is 19.6. The van der Waals surface area contributed by atoms with E-state index in [1.807, 2.05) is 18.2 Å². The van der Waals surface area contributed by atoms with Crippen LogP contribution in [0.15, 0.2) is 94.7 Å². The lowest BCUT2D eigenvalue weighted by molar-refractivity contribution is 0.363. The van der Waals surface area contributed by atoms with Gasteiger partial charge < -0.3 is 9.47 Å². The van der Waals surface area contributed by atoms with Crippen molar-refractivity contribution in [1.82, 2.24) is 0 Å². The lowest BCUT2D eigenvalue weighted by Crippen LogP contribution is -2.40. The third-order valence-electron chi connectivity index (χ3n) is 5.91. The van der Waals surface area contributed by atoms with Crippen LogP contribution in [0.4, 0.5) is 0 Å². The average molecular weight is 508 g/mol. The molecule has 0 aromatic heterocycles. The summed E-state index contributed by atoms with van der Waals surface area (Å²) in [7, 11) is 0. The Morgan fingerprint density at radius 1 is 0.793 bits per heavy atom. The summed E-state index contributed by atoms with van der Waals surface area (Å²) in [5, 5.41) is 0. The van der Waals surface area contributed by atoms with Gasteiger partial charge in [-0.15, -0.1) is 0 Å². The summed E-state index contributed by atoms with van der Waals surface area (Å²) in [6.07, 6.45) is 5.40. The fraction of sp³-hybridized carbons (Fsp3) is 0.120. The van der Waals surface area contributed by atoms with Crippen molar-refractivity contribution in [2.45, 2.75) is 16.7 Å². The highest BCUT2D eigenvalue weighted by molar-refractivity contribution is 9.10. The van der Waals surface area contributed by atoms with Crippen LogP contribution in [0.2, 0.25) is 0 Å². The largest absolute Gasteiger partial charge is 0.457 e. The maximum Gasteiger partial charge on any atom is 0.132 e. The molecule has 142 valence electrons. The summed E-state index contributed by atoms with van der Waals surface area (Å²) in [6.45, 7) is 0. The molecule has 2 aliphatic heterocycles. The van der Waals surface area contributed by atoms with Crippen molar-refractivity contribution in [3.63, 3.8) is 0 Å². The molecule has 1 unspecified atom stereocenters. The fourth-order valence-electron chi connectivity index (χ4n) is 4.79. The molecule has 6 rings (SSSR count). The molecule has 1 spiro atoms. The second kappa shape index (κ2) is 6.35. The van der Waals surface area contributed by atoms with Crippen molar-refractivity contribution in [2.75, 3.05) is 0 Å². The molecule has 29 heavy (non-hydrogen) atoms. The summed E-state index contributed by atoms with van der Waals surface area (Å²) in [5.41, 5.74) is 4.07. The monoisotopic (exact) mass is 506 g/mol. The summed E-state index contributed by atoms with van der Waals surface area (Å²) in [6, 6.07) is 23.0. The van der Waals surface area contributed by atoms with Gasteiger partial charge in [-0.3, -0.25) is 0 Å². The van der Waals surface area contributed by atoms with Crippen LogP contribution in [-0.2, 0) is 5.41 Å². The summed E-state index contributed by atoms with van der Waals surface area (Å²) in [5.74, 6) is 3.59. The first kappa shape index (κ1) is 17.5. The first-order chi connectivity index (χ1) is 14.2. The van der Waals surface area contributed by atoms with Crippen molar-refractivity contribution in [3.05, 3.63) is 111 Å². The van der Waals surface area contributed by atoms with Gasteiger partial charge in [0.15, 0.2) is 0 Å². The number of benzene rings is 3. The van der Waals surface area contributed by atoms with E-state index in [9.17, 15) is 0 Å². The molecule has 0 N–H and O–H groups in total. The van der Waals surface area contributed by atoms with E-state index >= 15 is 0 Å². The molecule has 1 aliphatic carbocycles. The molecule has 4 heteroatoms. The minimum absolute atomic E-state index is 0.262. The maximum absolute atomic E-state index is 6.41. The smallest absolute Gasteiger partial charge is 0.132 e. The lowest BCUT2D eigenvalue weighted by Gasteiger charge is -2.47. The number of rotatable bonds is 0. The Bertz CT molecular complexity index is 1180. The van der Waals surface area contributed by atoms with Crippen LogP contribution in [0, 0.1) is 0 Å². The molecule has 0 bridgehead atoms. The fourth-order valence-corrected chi connectivity index (χ4v) is 5.60. The van der Waals surface area contributed by atoms with Crippen molar-refractivity contribution < 1.29 is 9.47 Å². The van der Waals surface area contributed by atoms with Crippen LogP contribution < -0.4 is 9.47 Å². The molecule has 1 atom stereocenters. The van der Waals surface area contributed by atoms with Gasteiger partial charge in [0.2, 0.25) is 0 Å². The van der Waals surface area contributed by atoms with Crippen molar-refractivity contribution in [2.24, 2.45) is 0 Å². The predicted molar refractivity (Wildman–Crippen MR) is 121 cm³/mol. The standard InChI is InChI=1S/C25H16Br2O2/c26-15-9-11-23-19(13-15)25(20-14-16(27)10-12-24(20)29-23)17-5-1-3-7-21(17)28-22-8-4-2-6-18(22)25/h1-9,11-14,16H,10H2. The molecule has 2 nitrogen and oxygen atoms in total. The molecule has 0 amide bonds. The van der Waals surface area contributed by atoms with Crippen molar-refractivity contribution >= 4 is 31.9 Å². The van der Waals surface area contributed by atoms with E-state index in [1.54, 1.807) is 0 Å². The van der Waals surface area contributed by atoms with Crippen molar-refractivity contribution in [1.29, 1.82) is 0 Å². The summed E-state index contributed by atoms with van der Waals surface area (Å²) >= 11 is 7.51. The molecular formula is C25H16Br2O2. The van der Waals surface area contributed by atoms with Gasteiger partial charge in [0, 0.05) is 31.6 Å². The molecule has 3 aromatic carbocycles. The Hall–Kier alpha value is -2.30. The normalized spacial score (nSPS) is 20.1. The van der Waals surface area contributed by atoms with Crippen LogP contribution >= 0.6 is 31.9 Å². The minimum atomic E-state index is -0.499. The number of para-hydroxylation sites is 2. The van der Waals surface area contributed by atoms with Crippen LogP contribution in [0.5, 0.6) is 17.2 Å². The zero-order valence-corrected chi connectivity index (χ0v) is 18.5. The third kappa shape index (κ3) is 2.39. The highest BCUT2D eigenvalue weighted by atomic mass is 79.9. The van der Waals surface area contributed by atoms with Gasteiger partial charge in [0.25, 0.3) is 0 Å². The number of hydrogen-bond acceptors (Lipinski definition) is 2. The minimum Gasteiger partial charge on any atom is -0.457 e. The lowest BCUT2D eigenvalue weighted by atomic mass is 9.61. The number of allylic oxidation sites excluding steroid dienone is 3. The maximum atomic E-state index is 6.41. The SMILES string of the molecule is Brc1ccc2c(c1)C1(C3=CC(Br)CC=C3O2)c2ccccc2Oc2ccccc21. The van der Waals surface area contributed by atoms with Crippen molar-refractivity contribution in [3.8, 4) is 17.2 Å². The van der Waals surface area contributed by atoms with E-state index in [2.05, 4.69) is 92.5 Å². The molecule has 3 aliphatic rings. The molecule has 3 aromatic rings. The van der Waals surface area contributed by atoms with E-state index < -0.39 is 5.41 Å². The Kier molecular flexibility index (Phi) is 3.84. The van der Waals surface area contributed by atoms with Crippen LogP contribution in [0.3, 0.4) is 0 Å². The van der Waals surface area contributed by atoms with Crippen LogP contribution in [-0.4, -0.2) is 4.83 Å². The Labute approximate surface area is 186 Å². The molecule has 2 heterocycles.